The number of fused-ring (bicyclic) bond motifs is 2. The van der Waals surface area contributed by atoms with Crippen LogP contribution in [0.15, 0.2) is 36.4 Å². The van der Waals surface area contributed by atoms with Crippen molar-refractivity contribution in [3.8, 4) is 0 Å². The van der Waals surface area contributed by atoms with Gasteiger partial charge in [0.2, 0.25) is 0 Å². The smallest absolute Gasteiger partial charge is 0.257 e. The Balaban J connectivity index is 1.64. The number of amides is 2. The van der Waals surface area contributed by atoms with E-state index in [0.717, 1.165) is 37.1 Å². The van der Waals surface area contributed by atoms with E-state index in [9.17, 15) is 9.59 Å². The first-order valence-electron chi connectivity index (χ1n) is 9.21. The largest absolute Gasteiger partial charge is 0.354 e. The molecule has 2 aromatic rings. The first-order valence-corrected chi connectivity index (χ1v) is 9.59. The van der Waals surface area contributed by atoms with Gasteiger partial charge in [-0.2, -0.15) is 0 Å². The summed E-state index contributed by atoms with van der Waals surface area (Å²) in [5, 5.41) is 3.53. The number of piperidine rings is 1. The molecule has 1 N–H and O–H groups in total. The standard InChI is InChI=1S/C21H22ClN3O2/c1-13-16(22)6-5-7-17(13)23-20(26)14-9-10-15-18(12-14)24(2)19-8-3-4-11-25(19)21(15)27/h5-7,9-10,12,19H,3-4,8,11H2,1-2H3,(H,23,26)/t19-/m0/s1. The fourth-order valence-corrected chi connectivity index (χ4v) is 4.13. The zero-order valence-corrected chi connectivity index (χ0v) is 16.2. The number of halogens is 1. The number of rotatable bonds is 2. The molecule has 0 aliphatic carbocycles. The number of anilines is 2. The van der Waals surface area contributed by atoms with Crippen molar-refractivity contribution in [3.05, 3.63) is 58.1 Å². The molecule has 6 heteroatoms. The van der Waals surface area contributed by atoms with E-state index in [1.54, 1.807) is 18.2 Å². The van der Waals surface area contributed by atoms with Crippen molar-refractivity contribution in [2.45, 2.75) is 32.4 Å². The second-order valence-corrected chi connectivity index (χ2v) is 7.59. The predicted molar refractivity (Wildman–Crippen MR) is 108 cm³/mol. The third kappa shape index (κ3) is 3.06. The van der Waals surface area contributed by atoms with Gasteiger partial charge >= 0.3 is 0 Å². The summed E-state index contributed by atoms with van der Waals surface area (Å²) in [5.41, 5.74) is 3.52. The van der Waals surface area contributed by atoms with Gasteiger partial charge in [-0.15, -0.1) is 0 Å². The minimum atomic E-state index is -0.213. The second kappa shape index (κ2) is 6.89. The number of benzene rings is 2. The highest BCUT2D eigenvalue weighted by Crippen LogP contribution is 2.35. The van der Waals surface area contributed by atoms with E-state index in [1.165, 1.54) is 0 Å². The molecule has 1 saturated heterocycles. The third-order valence-electron chi connectivity index (χ3n) is 5.57. The summed E-state index contributed by atoms with van der Waals surface area (Å²) in [6.45, 7) is 2.67. The number of carbonyl (C=O) groups is 2. The fourth-order valence-electron chi connectivity index (χ4n) is 3.95. The van der Waals surface area contributed by atoms with E-state index < -0.39 is 0 Å². The molecule has 0 unspecified atom stereocenters. The van der Waals surface area contributed by atoms with Crippen LogP contribution in [0.3, 0.4) is 0 Å². The van der Waals surface area contributed by atoms with E-state index >= 15 is 0 Å². The SMILES string of the molecule is Cc1c(Cl)cccc1NC(=O)c1ccc2c(c1)N(C)[C@@H]1CCCCN1C2=O. The Hall–Kier alpha value is -2.53. The lowest BCUT2D eigenvalue weighted by molar-refractivity contribution is 0.0589. The van der Waals surface area contributed by atoms with Gasteiger partial charge in [-0.05, 0) is 62.1 Å². The summed E-state index contributed by atoms with van der Waals surface area (Å²) in [6, 6.07) is 10.7. The van der Waals surface area contributed by atoms with Crippen LogP contribution in [0.5, 0.6) is 0 Å². The van der Waals surface area contributed by atoms with Crippen molar-refractivity contribution in [1.82, 2.24) is 4.90 Å². The van der Waals surface area contributed by atoms with Gasteiger partial charge in [0.25, 0.3) is 11.8 Å². The molecular weight excluding hydrogens is 362 g/mol. The molecule has 0 saturated carbocycles. The Morgan fingerprint density at radius 1 is 1.22 bits per heavy atom. The van der Waals surface area contributed by atoms with Crippen molar-refractivity contribution in [2.75, 3.05) is 23.8 Å². The quantitative estimate of drug-likeness (QED) is 0.841. The fraction of sp³-hybridized carbons (Fsp3) is 0.333. The van der Waals surface area contributed by atoms with E-state index in [-0.39, 0.29) is 18.0 Å². The van der Waals surface area contributed by atoms with Gasteiger partial charge < -0.3 is 15.1 Å². The van der Waals surface area contributed by atoms with E-state index in [2.05, 4.69) is 10.2 Å². The Morgan fingerprint density at radius 2 is 2.04 bits per heavy atom. The molecule has 2 heterocycles. The van der Waals surface area contributed by atoms with Gasteiger partial charge in [0, 0.05) is 29.9 Å². The van der Waals surface area contributed by atoms with E-state index in [4.69, 9.17) is 11.6 Å². The minimum Gasteiger partial charge on any atom is -0.354 e. The van der Waals surface area contributed by atoms with Crippen LogP contribution < -0.4 is 10.2 Å². The maximum atomic E-state index is 12.8. The number of nitrogens with zero attached hydrogens (tertiary/aromatic N) is 2. The highest BCUT2D eigenvalue weighted by atomic mass is 35.5. The molecule has 4 rings (SSSR count). The van der Waals surface area contributed by atoms with Crippen LogP contribution in [0.4, 0.5) is 11.4 Å². The summed E-state index contributed by atoms with van der Waals surface area (Å²) in [7, 11) is 2.00. The van der Waals surface area contributed by atoms with Gasteiger partial charge in [-0.1, -0.05) is 17.7 Å². The minimum absolute atomic E-state index is 0.0606. The molecule has 27 heavy (non-hydrogen) atoms. The maximum Gasteiger partial charge on any atom is 0.257 e. The average molecular weight is 384 g/mol. The first kappa shape index (κ1) is 17.9. The molecule has 140 valence electrons. The lowest BCUT2D eigenvalue weighted by Crippen LogP contribution is -2.55. The molecule has 2 aliphatic rings. The Kier molecular flexibility index (Phi) is 4.56. The van der Waals surface area contributed by atoms with E-state index in [1.807, 2.05) is 37.1 Å². The molecule has 0 aromatic heterocycles. The first-order chi connectivity index (χ1) is 13.0. The normalized spacial score (nSPS) is 18.8. The van der Waals surface area contributed by atoms with Crippen LogP contribution in [-0.2, 0) is 0 Å². The van der Waals surface area contributed by atoms with Gasteiger partial charge in [-0.25, -0.2) is 0 Å². The molecule has 0 bridgehead atoms. The summed E-state index contributed by atoms with van der Waals surface area (Å²) in [4.78, 5) is 29.7. The van der Waals surface area contributed by atoms with Crippen molar-refractivity contribution in [2.24, 2.45) is 0 Å². The lowest BCUT2D eigenvalue weighted by Gasteiger charge is -2.46. The van der Waals surface area contributed by atoms with Crippen LogP contribution >= 0.6 is 11.6 Å². The zero-order valence-electron chi connectivity index (χ0n) is 15.5. The number of nitrogens with one attached hydrogen (secondary N) is 1. The number of hydrogen-bond acceptors (Lipinski definition) is 3. The molecule has 5 nitrogen and oxygen atoms in total. The van der Waals surface area contributed by atoms with Crippen molar-refractivity contribution in [3.63, 3.8) is 0 Å². The average Bonchev–Trinajstić information content (AvgIpc) is 2.69. The highest BCUT2D eigenvalue weighted by Gasteiger charge is 2.37. The number of carbonyl (C=O) groups excluding carboxylic acids is 2. The molecule has 0 radical (unpaired) electrons. The second-order valence-electron chi connectivity index (χ2n) is 7.18. The topological polar surface area (TPSA) is 52.7 Å². The molecule has 1 fully saturated rings. The van der Waals surface area contributed by atoms with Gasteiger partial charge in [0.1, 0.15) is 6.17 Å². The molecule has 0 spiro atoms. The summed E-state index contributed by atoms with van der Waals surface area (Å²) >= 11 is 6.14. The van der Waals surface area contributed by atoms with Crippen LogP contribution in [-0.4, -0.2) is 36.5 Å². The molecule has 2 aliphatic heterocycles. The zero-order chi connectivity index (χ0) is 19.1. The molecular formula is C21H22ClN3O2. The van der Waals surface area contributed by atoms with Crippen LogP contribution in [0.1, 0.15) is 45.5 Å². The molecule has 1 atom stereocenters. The Morgan fingerprint density at radius 3 is 2.85 bits per heavy atom. The van der Waals surface area contributed by atoms with Crippen LogP contribution in [0.2, 0.25) is 5.02 Å². The summed E-state index contributed by atoms with van der Waals surface area (Å²) in [6.07, 6.45) is 3.19. The predicted octanol–water partition coefficient (Wildman–Crippen LogP) is 4.30. The van der Waals surface area contributed by atoms with Crippen LogP contribution in [0, 0.1) is 6.92 Å². The van der Waals surface area contributed by atoms with Crippen LogP contribution in [0.25, 0.3) is 0 Å². The van der Waals surface area contributed by atoms with Gasteiger partial charge in [0.05, 0.1) is 11.3 Å². The summed E-state index contributed by atoms with van der Waals surface area (Å²) < 4.78 is 0. The summed E-state index contributed by atoms with van der Waals surface area (Å²) in [5.74, 6) is -0.152. The lowest BCUT2D eigenvalue weighted by atomic mass is 9.97. The van der Waals surface area contributed by atoms with Crippen molar-refractivity contribution in [1.29, 1.82) is 0 Å². The molecule has 2 amide bonds. The third-order valence-corrected chi connectivity index (χ3v) is 5.97. The van der Waals surface area contributed by atoms with E-state index in [0.29, 0.717) is 21.8 Å². The van der Waals surface area contributed by atoms with Crippen molar-refractivity contribution < 1.29 is 9.59 Å². The monoisotopic (exact) mass is 383 g/mol. The van der Waals surface area contributed by atoms with Gasteiger partial charge in [0.15, 0.2) is 0 Å². The maximum absolute atomic E-state index is 12.8. The highest BCUT2D eigenvalue weighted by molar-refractivity contribution is 6.31. The molecule has 2 aromatic carbocycles. The Labute approximate surface area is 163 Å². The Bertz CT molecular complexity index is 928. The van der Waals surface area contributed by atoms with Gasteiger partial charge in [-0.3, -0.25) is 9.59 Å². The van der Waals surface area contributed by atoms with Crippen molar-refractivity contribution >= 4 is 34.8 Å². The number of hydrogen-bond donors (Lipinski definition) is 1.